The van der Waals surface area contributed by atoms with E-state index in [1.165, 1.54) is 0 Å². The Morgan fingerprint density at radius 2 is 1.15 bits per heavy atom. The maximum Gasteiger partial charge on any atom is 0.163 e. The maximum absolute atomic E-state index is 10.2. The van der Waals surface area contributed by atoms with Crippen LogP contribution in [0.15, 0.2) is 259 Å². The van der Waals surface area contributed by atoms with Crippen molar-refractivity contribution in [3.05, 3.63) is 278 Å². The van der Waals surface area contributed by atoms with Crippen molar-refractivity contribution in [2.45, 2.75) is 32.1 Å². The van der Waals surface area contributed by atoms with Crippen LogP contribution in [0.3, 0.4) is 0 Å². The van der Waals surface area contributed by atoms with Crippen LogP contribution >= 0.6 is 0 Å². The van der Waals surface area contributed by atoms with Gasteiger partial charge in [0.15, 0.2) is 11.6 Å². The minimum Gasteiger partial charge on any atom is -0.508 e. The zero-order valence-electron chi connectivity index (χ0n) is 43.7. The lowest BCUT2D eigenvalue weighted by Gasteiger charge is -2.16. The molecule has 0 aliphatic heterocycles. The van der Waals surface area contributed by atoms with E-state index in [-0.39, 0.29) is 5.92 Å². The number of rotatable bonds is 12. The van der Waals surface area contributed by atoms with E-state index in [1.54, 1.807) is 6.07 Å². The Bertz CT molecular complexity index is 4290. The number of phenols is 1. The SMILES string of the molecule is C=C(N=Cc1ccc(-c2cccc(O)c2C)cc1)c1cccc(-c2ccc(-c3ccc(-c4ccc(-c5ccc6oc7cccc(-c8cccc(-c9nc(C%10=CC=CCC%10)nc(C%10C=CC=CC%10)n9)c8)c7c6c5)cc4)cc3)cc2)c1. The molecule has 0 saturated carbocycles. The molecule has 0 fully saturated rings. The Morgan fingerprint density at radius 3 is 1.85 bits per heavy atom. The molecular formula is C73H54N4O2. The lowest BCUT2D eigenvalue weighted by molar-refractivity contribution is 0.471. The number of hydrogen-bond acceptors (Lipinski definition) is 6. The number of aromatic hydroxyl groups is 1. The Kier molecular flexibility index (Phi) is 13.0. The van der Waals surface area contributed by atoms with Crippen molar-refractivity contribution in [2.24, 2.45) is 4.99 Å². The van der Waals surface area contributed by atoms with Crippen LogP contribution in [0.5, 0.6) is 5.75 Å². The molecule has 2 aliphatic rings. The second kappa shape index (κ2) is 21.2. The third-order valence-corrected chi connectivity index (χ3v) is 15.3. The average Bonchev–Trinajstić information content (AvgIpc) is 4.18. The number of phenolic OH excluding ortho intramolecular Hbond substituents is 1. The molecule has 378 valence electrons. The predicted molar refractivity (Wildman–Crippen MR) is 327 cm³/mol. The van der Waals surface area contributed by atoms with E-state index in [2.05, 4.69) is 213 Å². The van der Waals surface area contributed by atoms with Crippen molar-refractivity contribution >= 4 is 39.4 Å². The third-order valence-electron chi connectivity index (χ3n) is 15.3. The van der Waals surface area contributed by atoms with Crippen molar-refractivity contribution < 1.29 is 9.52 Å². The molecule has 2 heterocycles. The fraction of sp³-hybridized carbons (Fsp3) is 0.0685. The number of furan rings is 1. The number of hydrogen-bond donors (Lipinski definition) is 1. The van der Waals surface area contributed by atoms with Gasteiger partial charge in [-0.2, -0.15) is 0 Å². The summed E-state index contributed by atoms with van der Waals surface area (Å²) in [5.74, 6) is 2.64. The summed E-state index contributed by atoms with van der Waals surface area (Å²) in [7, 11) is 0. The molecule has 11 aromatic rings. The van der Waals surface area contributed by atoms with Gasteiger partial charge < -0.3 is 9.52 Å². The molecule has 9 aromatic carbocycles. The van der Waals surface area contributed by atoms with E-state index in [0.717, 1.165) is 147 Å². The van der Waals surface area contributed by atoms with Crippen LogP contribution < -0.4 is 0 Å². The number of aliphatic imine (C=N–C) groups is 1. The smallest absolute Gasteiger partial charge is 0.163 e. The highest BCUT2D eigenvalue weighted by Crippen LogP contribution is 2.40. The van der Waals surface area contributed by atoms with Gasteiger partial charge in [0, 0.05) is 34.0 Å². The first-order valence-corrected chi connectivity index (χ1v) is 26.9. The van der Waals surface area contributed by atoms with Crippen molar-refractivity contribution in [1.82, 2.24) is 15.0 Å². The summed E-state index contributed by atoms with van der Waals surface area (Å²) in [5.41, 5.74) is 20.6. The molecular weight excluding hydrogens is 965 g/mol. The molecule has 1 N–H and O–H groups in total. The van der Waals surface area contributed by atoms with Crippen LogP contribution in [-0.4, -0.2) is 26.3 Å². The number of aromatic nitrogens is 3. The van der Waals surface area contributed by atoms with Crippen molar-refractivity contribution in [3.8, 4) is 83.9 Å². The number of fused-ring (bicyclic) bond motifs is 3. The summed E-state index contributed by atoms with van der Waals surface area (Å²) < 4.78 is 6.51. The summed E-state index contributed by atoms with van der Waals surface area (Å²) in [6, 6.07) is 69.9. The molecule has 2 aromatic heterocycles. The molecule has 79 heavy (non-hydrogen) atoms. The zero-order valence-corrected chi connectivity index (χ0v) is 43.7. The molecule has 0 saturated heterocycles. The van der Waals surface area contributed by atoms with Crippen LogP contribution in [0.2, 0.25) is 0 Å². The van der Waals surface area contributed by atoms with Gasteiger partial charge >= 0.3 is 0 Å². The second-order valence-electron chi connectivity index (χ2n) is 20.3. The highest BCUT2D eigenvalue weighted by molar-refractivity contribution is 6.13. The van der Waals surface area contributed by atoms with E-state index < -0.39 is 0 Å². The molecule has 0 spiro atoms. The average molecular weight is 1020 g/mol. The molecule has 2 aliphatic carbocycles. The van der Waals surface area contributed by atoms with Crippen molar-refractivity contribution in [2.75, 3.05) is 0 Å². The lowest BCUT2D eigenvalue weighted by Crippen LogP contribution is -2.09. The van der Waals surface area contributed by atoms with Crippen molar-refractivity contribution in [3.63, 3.8) is 0 Å². The topological polar surface area (TPSA) is 84.4 Å². The standard InChI is InChI=1S/C73H54N4O2/c1-47-64(21-11-23-67(47)78)56-27-25-49(26-28-56)46-74-48(2)59-17-9-18-60(43-59)54-37-33-52(34-38-54)50-29-31-51(32-30-50)53-35-39-55(40-36-53)61-41-42-68-66(45-61)70-65(22-12-24-69(70)79-68)62-19-10-20-63(44-62)73-76-71(57-13-5-3-6-14-57)75-72(77-73)58-15-7-4-8-16-58/h3-7,9-13,15,17-46,57,78H,2,8,14,16H2,1H3. The Labute approximate surface area is 460 Å². The fourth-order valence-electron chi connectivity index (χ4n) is 10.8. The summed E-state index contributed by atoms with van der Waals surface area (Å²) in [4.78, 5) is 19.9. The van der Waals surface area contributed by atoms with Gasteiger partial charge in [-0.1, -0.05) is 213 Å². The third kappa shape index (κ3) is 10.00. The first-order valence-electron chi connectivity index (χ1n) is 26.9. The van der Waals surface area contributed by atoms with Gasteiger partial charge in [0.05, 0.1) is 5.70 Å². The van der Waals surface area contributed by atoms with Gasteiger partial charge in [0.1, 0.15) is 22.7 Å². The molecule has 1 unspecified atom stereocenters. The molecule has 0 bridgehead atoms. The fourth-order valence-corrected chi connectivity index (χ4v) is 10.8. The van der Waals surface area contributed by atoms with Crippen LogP contribution in [0, 0.1) is 6.92 Å². The van der Waals surface area contributed by atoms with Gasteiger partial charge in [-0.25, -0.2) is 15.0 Å². The monoisotopic (exact) mass is 1020 g/mol. The van der Waals surface area contributed by atoms with E-state index in [4.69, 9.17) is 24.4 Å². The molecule has 13 rings (SSSR count). The second-order valence-corrected chi connectivity index (χ2v) is 20.3. The predicted octanol–water partition coefficient (Wildman–Crippen LogP) is 18.9. The van der Waals surface area contributed by atoms with E-state index in [1.807, 2.05) is 43.5 Å². The Hall–Kier alpha value is -10.0. The van der Waals surface area contributed by atoms with Crippen LogP contribution in [0.25, 0.3) is 111 Å². The lowest BCUT2D eigenvalue weighted by atomic mass is 9.95. The molecule has 0 amide bonds. The molecule has 1 atom stereocenters. The summed E-state index contributed by atoms with van der Waals surface area (Å²) in [5, 5.41) is 12.3. The minimum atomic E-state index is 0.103. The van der Waals surface area contributed by atoms with E-state index >= 15 is 0 Å². The minimum absolute atomic E-state index is 0.103. The number of benzene rings is 9. The summed E-state index contributed by atoms with van der Waals surface area (Å²) in [6.07, 6.45) is 19.6. The van der Waals surface area contributed by atoms with E-state index in [0.29, 0.717) is 17.3 Å². The first-order chi connectivity index (χ1) is 38.8. The largest absolute Gasteiger partial charge is 0.508 e. The Balaban J connectivity index is 0.702. The normalized spacial score (nSPS) is 14.1. The number of nitrogens with zero attached hydrogens (tertiary/aromatic N) is 4. The summed E-state index contributed by atoms with van der Waals surface area (Å²) >= 11 is 0. The maximum atomic E-state index is 10.2. The quantitative estimate of drug-likeness (QED) is 0.123. The molecule has 6 nitrogen and oxygen atoms in total. The van der Waals surface area contributed by atoms with Gasteiger partial charge in [0.25, 0.3) is 0 Å². The van der Waals surface area contributed by atoms with Gasteiger partial charge in [-0.05, 0) is 146 Å². The Morgan fingerprint density at radius 1 is 0.544 bits per heavy atom. The van der Waals surface area contributed by atoms with E-state index in [9.17, 15) is 5.11 Å². The first kappa shape index (κ1) is 48.6. The highest BCUT2D eigenvalue weighted by atomic mass is 16.3. The molecule has 6 heteroatoms. The van der Waals surface area contributed by atoms with Crippen LogP contribution in [0.4, 0.5) is 0 Å². The van der Waals surface area contributed by atoms with Crippen molar-refractivity contribution in [1.29, 1.82) is 0 Å². The van der Waals surface area contributed by atoms with Crippen LogP contribution in [0.1, 0.15) is 53.5 Å². The van der Waals surface area contributed by atoms with Gasteiger partial charge in [-0.3, -0.25) is 4.99 Å². The molecule has 0 radical (unpaired) electrons. The van der Waals surface area contributed by atoms with Crippen LogP contribution in [-0.2, 0) is 0 Å². The highest BCUT2D eigenvalue weighted by Gasteiger charge is 2.20. The summed E-state index contributed by atoms with van der Waals surface area (Å²) in [6.45, 7) is 6.21. The van der Waals surface area contributed by atoms with Gasteiger partial charge in [0.2, 0.25) is 0 Å². The number of allylic oxidation sites excluding steroid dienone is 8. The van der Waals surface area contributed by atoms with Gasteiger partial charge in [-0.15, -0.1) is 0 Å². The zero-order chi connectivity index (χ0) is 53.2.